The van der Waals surface area contributed by atoms with Gasteiger partial charge in [-0.3, -0.25) is 4.79 Å². The van der Waals surface area contributed by atoms with Crippen LogP contribution in [0.5, 0.6) is 0 Å². The molecule has 5 heteroatoms. The third-order valence-electron chi connectivity index (χ3n) is 3.83. The summed E-state index contributed by atoms with van der Waals surface area (Å²) in [6.45, 7) is 0.608. The molecule has 0 atom stereocenters. The standard InChI is InChI=1S/C15H21BrN2O.ClH/c1-18(11-12-6-5-7-13(16)10-12)14(19)15(17)8-3-2-4-9-15;/h5-7,10H,2-4,8-9,11,17H2,1H3;1H. The van der Waals surface area contributed by atoms with E-state index in [0.29, 0.717) is 6.54 Å². The molecule has 0 radical (unpaired) electrons. The Labute approximate surface area is 135 Å². The summed E-state index contributed by atoms with van der Waals surface area (Å²) in [5.41, 5.74) is 6.76. The van der Waals surface area contributed by atoms with E-state index < -0.39 is 5.54 Å². The van der Waals surface area contributed by atoms with Crippen molar-refractivity contribution in [3.63, 3.8) is 0 Å². The van der Waals surface area contributed by atoms with Gasteiger partial charge in [-0.25, -0.2) is 0 Å². The fourth-order valence-corrected chi connectivity index (χ4v) is 3.20. The van der Waals surface area contributed by atoms with E-state index in [1.54, 1.807) is 4.90 Å². The third-order valence-corrected chi connectivity index (χ3v) is 4.32. The van der Waals surface area contributed by atoms with Crippen molar-refractivity contribution >= 4 is 34.2 Å². The number of rotatable bonds is 3. The molecule has 2 N–H and O–H groups in total. The van der Waals surface area contributed by atoms with Gasteiger partial charge in [0.25, 0.3) is 0 Å². The number of carbonyl (C=O) groups is 1. The highest BCUT2D eigenvalue weighted by atomic mass is 79.9. The number of hydrogen-bond acceptors (Lipinski definition) is 2. The van der Waals surface area contributed by atoms with Gasteiger partial charge in [0.1, 0.15) is 0 Å². The molecule has 0 aliphatic heterocycles. The van der Waals surface area contributed by atoms with Crippen LogP contribution in [0.15, 0.2) is 28.7 Å². The molecule has 20 heavy (non-hydrogen) atoms. The van der Waals surface area contributed by atoms with Crippen LogP contribution >= 0.6 is 28.3 Å². The highest BCUT2D eigenvalue weighted by Gasteiger charge is 2.37. The van der Waals surface area contributed by atoms with E-state index in [1.165, 1.54) is 6.42 Å². The smallest absolute Gasteiger partial charge is 0.242 e. The van der Waals surface area contributed by atoms with E-state index >= 15 is 0 Å². The quantitative estimate of drug-likeness (QED) is 0.895. The van der Waals surface area contributed by atoms with Crippen molar-refractivity contribution in [2.45, 2.75) is 44.2 Å². The van der Waals surface area contributed by atoms with Gasteiger partial charge in [-0.1, -0.05) is 47.3 Å². The number of halogens is 2. The molecule has 0 aromatic heterocycles. The van der Waals surface area contributed by atoms with Gasteiger partial charge in [-0.2, -0.15) is 0 Å². The predicted octanol–water partition coefficient (Wildman–Crippen LogP) is 3.49. The monoisotopic (exact) mass is 360 g/mol. The molecule has 0 saturated heterocycles. The second-order valence-corrected chi connectivity index (χ2v) is 6.42. The number of amides is 1. The predicted molar refractivity (Wildman–Crippen MR) is 87.9 cm³/mol. The lowest BCUT2D eigenvalue weighted by atomic mass is 9.81. The molecular weight excluding hydrogens is 340 g/mol. The van der Waals surface area contributed by atoms with Crippen molar-refractivity contribution < 1.29 is 4.79 Å². The van der Waals surface area contributed by atoms with Crippen molar-refractivity contribution in [2.24, 2.45) is 5.73 Å². The summed E-state index contributed by atoms with van der Waals surface area (Å²) in [6.07, 6.45) is 4.95. The Bertz CT molecular complexity index is 461. The van der Waals surface area contributed by atoms with Crippen LogP contribution in [-0.2, 0) is 11.3 Å². The maximum Gasteiger partial charge on any atom is 0.242 e. The zero-order chi connectivity index (χ0) is 13.9. The molecule has 0 unspecified atom stereocenters. The Kier molecular flexibility index (Phi) is 6.49. The van der Waals surface area contributed by atoms with E-state index in [0.717, 1.165) is 35.7 Å². The van der Waals surface area contributed by atoms with Gasteiger partial charge in [-0.05, 0) is 30.5 Å². The van der Waals surface area contributed by atoms with Crippen LogP contribution in [0.3, 0.4) is 0 Å². The normalized spacial score (nSPS) is 17.1. The number of carbonyl (C=O) groups excluding carboxylic acids is 1. The van der Waals surface area contributed by atoms with Crippen molar-refractivity contribution in [3.05, 3.63) is 34.3 Å². The summed E-state index contributed by atoms with van der Waals surface area (Å²) in [7, 11) is 1.84. The van der Waals surface area contributed by atoms with E-state index in [-0.39, 0.29) is 18.3 Å². The number of hydrogen-bond donors (Lipinski definition) is 1. The largest absolute Gasteiger partial charge is 0.340 e. The lowest BCUT2D eigenvalue weighted by molar-refractivity contribution is -0.137. The molecule has 0 bridgehead atoms. The first-order valence-corrected chi connectivity index (χ1v) is 7.59. The van der Waals surface area contributed by atoms with Crippen molar-refractivity contribution in [3.8, 4) is 0 Å². The van der Waals surface area contributed by atoms with E-state index in [4.69, 9.17) is 5.73 Å². The van der Waals surface area contributed by atoms with Crippen LogP contribution < -0.4 is 5.73 Å². The van der Waals surface area contributed by atoms with Gasteiger partial charge >= 0.3 is 0 Å². The molecule has 3 nitrogen and oxygen atoms in total. The molecule has 1 aliphatic rings. The molecule has 0 spiro atoms. The summed E-state index contributed by atoms with van der Waals surface area (Å²) in [5.74, 6) is 0.0761. The average Bonchev–Trinajstić information content (AvgIpc) is 2.38. The van der Waals surface area contributed by atoms with Gasteiger partial charge in [-0.15, -0.1) is 12.4 Å². The molecule has 0 heterocycles. The van der Waals surface area contributed by atoms with E-state index in [9.17, 15) is 4.79 Å². The summed E-state index contributed by atoms with van der Waals surface area (Å²) < 4.78 is 1.03. The van der Waals surface area contributed by atoms with Crippen LogP contribution in [0.4, 0.5) is 0 Å². The lowest BCUT2D eigenvalue weighted by Crippen LogP contribution is -2.55. The summed E-state index contributed by atoms with van der Waals surface area (Å²) in [4.78, 5) is 14.3. The van der Waals surface area contributed by atoms with Gasteiger partial charge < -0.3 is 10.6 Å². The SMILES string of the molecule is CN(Cc1cccc(Br)c1)C(=O)C1(N)CCCCC1.Cl. The van der Waals surface area contributed by atoms with Crippen molar-refractivity contribution in [1.29, 1.82) is 0 Å². The second-order valence-electron chi connectivity index (χ2n) is 5.51. The van der Waals surface area contributed by atoms with Crippen LogP contribution in [0.2, 0.25) is 0 Å². The number of benzene rings is 1. The Morgan fingerprint density at radius 2 is 2.00 bits per heavy atom. The molecular formula is C15H22BrClN2O. The van der Waals surface area contributed by atoms with E-state index in [1.807, 2.05) is 31.3 Å². The number of likely N-dealkylation sites (N-methyl/N-ethyl adjacent to an activating group) is 1. The summed E-state index contributed by atoms with van der Waals surface area (Å²) in [5, 5.41) is 0. The maximum atomic E-state index is 12.5. The van der Waals surface area contributed by atoms with Crippen molar-refractivity contribution in [1.82, 2.24) is 4.90 Å². The summed E-state index contributed by atoms with van der Waals surface area (Å²) >= 11 is 3.45. The first-order chi connectivity index (χ1) is 9.01. The number of nitrogens with zero attached hydrogens (tertiary/aromatic N) is 1. The Balaban J connectivity index is 0.00000200. The minimum absolute atomic E-state index is 0. The molecule has 112 valence electrons. The Hall–Kier alpha value is -0.580. The number of nitrogens with two attached hydrogens (primary N) is 1. The molecule has 1 aromatic rings. The minimum atomic E-state index is -0.640. The molecule has 1 amide bonds. The average molecular weight is 362 g/mol. The van der Waals surface area contributed by atoms with Crippen LogP contribution in [-0.4, -0.2) is 23.4 Å². The van der Waals surface area contributed by atoms with Crippen LogP contribution in [0.1, 0.15) is 37.7 Å². The maximum absolute atomic E-state index is 12.5. The molecule has 1 fully saturated rings. The Morgan fingerprint density at radius 3 is 2.60 bits per heavy atom. The zero-order valence-electron chi connectivity index (χ0n) is 11.8. The highest BCUT2D eigenvalue weighted by molar-refractivity contribution is 9.10. The first kappa shape index (κ1) is 17.5. The van der Waals surface area contributed by atoms with Gasteiger partial charge in [0, 0.05) is 18.1 Å². The topological polar surface area (TPSA) is 46.3 Å². The minimum Gasteiger partial charge on any atom is -0.340 e. The highest BCUT2D eigenvalue weighted by Crippen LogP contribution is 2.28. The molecule has 2 rings (SSSR count). The second kappa shape index (κ2) is 7.43. The fourth-order valence-electron chi connectivity index (χ4n) is 2.76. The van der Waals surface area contributed by atoms with Gasteiger partial charge in [0.2, 0.25) is 5.91 Å². The summed E-state index contributed by atoms with van der Waals surface area (Å²) in [6, 6.07) is 8.03. The van der Waals surface area contributed by atoms with E-state index in [2.05, 4.69) is 15.9 Å². The molecule has 1 aliphatic carbocycles. The molecule has 1 saturated carbocycles. The lowest BCUT2D eigenvalue weighted by Gasteiger charge is -2.35. The van der Waals surface area contributed by atoms with Crippen LogP contribution in [0.25, 0.3) is 0 Å². The zero-order valence-corrected chi connectivity index (χ0v) is 14.2. The van der Waals surface area contributed by atoms with Gasteiger partial charge in [0.15, 0.2) is 0 Å². The first-order valence-electron chi connectivity index (χ1n) is 6.80. The third kappa shape index (κ3) is 4.21. The Morgan fingerprint density at radius 1 is 1.35 bits per heavy atom. The fraction of sp³-hybridized carbons (Fsp3) is 0.533. The van der Waals surface area contributed by atoms with Gasteiger partial charge in [0.05, 0.1) is 5.54 Å². The van der Waals surface area contributed by atoms with Crippen molar-refractivity contribution in [2.75, 3.05) is 7.05 Å². The molecule has 1 aromatic carbocycles. The van der Waals surface area contributed by atoms with Crippen LogP contribution in [0, 0.1) is 0 Å².